The van der Waals surface area contributed by atoms with E-state index in [0.29, 0.717) is 29.1 Å². The lowest BCUT2D eigenvalue weighted by Crippen LogP contribution is -2.20. The SMILES string of the molecule is Cl.O=C(Cc1ccc(C2=NCCN2)cc1[N+](=O)[O-])c1ccc(C2=NCCN2)cc1. The van der Waals surface area contributed by atoms with Crippen LogP contribution in [0.3, 0.4) is 0 Å². The lowest BCUT2D eigenvalue weighted by molar-refractivity contribution is -0.385. The van der Waals surface area contributed by atoms with Crippen molar-refractivity contribution in [2.45, 2.75) is 6.42 Å². The van der Waals surface area contributed by atoms with E-state index in [4.69, 9.17) is 0 Å². The molecule has 2 heterocycles. The number of nitro benzene ring substituents is 1. The molecule has 0 saturated carbocycles. The van der Waals surface area contributed by atoms with E-state index in [-0.39, 0.29) is 30.3 Å². The van der Waals surface area contributed by atoms with Crippen LogP contribution in [0.15, 0.2) is 52.4 Å². The summed E-state index contributed by atoms with van der Waals surface area (Å²) in [7, 11) is 0. The first kappa shape index (κ1) is 20.5. The van der Waals surface area contributed by atoms with Gasteiger partial charge in [-0.15, -0.1) is 12.4 Å². The van der Waals surface area contributed by atoms with Gasteiger partial charge in [-0.05, 0) is 0 Å². The monoisotopic (exact) mass is 413 g/mol. The molecule has 0 aromatic heterocycles. The lowest BCUT2D eigenvalue weighted by atomic mass is 9.99. The molecule has 150 valence electrons. The van der Waals surface area contributed by atoms with Crippen LogP contribution in [0.25, 0.3) is 0 Å². The van der Waals surface area contributed by atoms with Crippen molar-refractivity contribution in [3.05, 3.63) is 74.8 Å². The molecular formula is C20H20ClN5O3. The molecule has 2 aromatic rings. The molecule has 0 amide bonds. The smallest absolute Gasteiger partial charge is 0.273 e. The summed E-state index contributed by atoms with van der Waals surface area (Å²) in [5, 5.41) is 17.8. The number of benzene rings is 2. The van der Waals surface area contributed by atoms with Gasteiger partial charge in [0, 0.05) is 47.8 Å². The third-order valence-corrected chi connectivity index (χ3v) is 4.74. The second-order valence-electron chi connectivity index (χ2n) is 6.59. The summed E-state index contributed by atoms with van der Waals surface area (Å²) in [6, 6.07) is 12.0. The zero-order valence-corrected chi connectivity index (χ0v) is 16.4. The summed E-state index contributed by atoms with van der Waals surface area (Å²) in [6.07, 6.45) is -0.0327. The molecule has 2 aromatic carbocycles. The minimum atomic E-state index is -0.450. The van der Waals surface area contributed by atoms with Crippen molar-refractivity contribution in [2.24, 2.45) is 9.98 Å². The number of carbonyl (C=O) groups excluding carboxylic acids is 1. The summed E-state index contributed by atoms with van der Waals surface area (Å²) < 4.78 is 0. The number of nitrogens with zero attached hydrogens (tertiary/aromatic N) is 3. The Morgan fingerprint density at radius 2 is 1.55 bits per heavy atom. The van der Waals surface area contributed by atoms with Crippen LogP contribution in [0.4, 0.5) is 5.69 Å². The largest absolute Gasteiger partial charge is 0.368 e. The van der Waals surface area contributed by atoms with Crippen LogP contribution in [0.1, 0.15) is 27.0 Å². The number of nitro groups is 1. The van der Waals surface area contributed by atoms with E-state index in [0.717, 1.165) is 31.0 Å². The van der Waals surface area contributed by atoms with Crippen LogP contribution < -0.4 is 10.6 Å². The molecule has 0 saturated heterocycles. The van der Waals surface area contributed by atoms with Crippen molar-refractivity contribution >= 4 is 35.5 Å². The van der Waals surface area contributed by atoms with Crippen molar-refractivity contribution in [2.75, 3.05) is 26.2 Å². The summed E-state index contributed by atoms with van der Waals surface area (Å²) in [4.78, 5) is 32.4. The Bertz CT molecular complexity index is 1000. The van der Waals surface area contributed by atoms with Crippen LogP contribution in [0, 0.1) is 10.1 Å². The molecule has 0 bridgehead atoms. The summed E-state index contributed by atoms with van der Waals surface area (Å²) >= 11 is 0. The Labute approximate surface area is 173 Å². The predicted molar refractivity (Wildman–Crippen MR) is 114 cm³/mol. The van der Waals surface area contributed by atoms with Gasteiger partial charge in [0.15, 0.2) is 5.78 Å². The highest BCUT2D eigenvalue weighted by Gasteiger charge is 2.20. The van der Waals surface area contributed by atoms with Gasteiger partial charge in [0.1, 0.15) is 11.7 Å². The highest BCUT2D eigenvalue weighted by atomic mass is 35.5. The Morgan fingerprint density at radius 3 is 2.10 bits per heavy atom. The molecule has 0 atom stereocenters. The first-order valence-electron chi connectivity index (χ1n) is 9.10. The zero-order chi connectivity index (χ0) is 19.5. The van der Waals surface area contributed by atoms with Crippen molar-refractivity contribution in [1.29, 1.82) is 0 Å². The van der Waals surface area contributed by atoms with E-state index >= 15 is 0 Å². The van der Waals surface area contributed by atoms with Gasteiger partial charge in [-0.3, -0.25) is 24.9 Å². The molecule has 0 fully saturated rings. The number of halogens is 1. The number of amidine groups is 2. The number of rotatable bonds is 6. The van der Waals surface area contributed by atoms with Gasteiger partial charge in [0.25, 0.3) is 5.69 Å². The maximum absolute atomic E-state index is 12.7. The number of nitrogens with one attached hydrogen (secondary N) is 2. The van der Waals surface area contributed by atoms with Crippen molar-refractivity contribution in [3.63, 3.8) is 0 Å². The summed E-state index contributed by atoms with van der Waals surface area (Å²) in [6.45, 7) is 2.94. The minimum Gasteiger partial charge on any atom is -0.368 e. The van der Waals surface area contributed by atoms with Gasteiger partial charge >= 0.3 is 0 Å². The lowest BCUT2D eigenvalue weighted by Gasteiger charge is -2.07. The van der Waals surface area contributed by atoms with E-state index in [9.17, 15) is 14.9 Å². The molecule has 2 aliphatic heterocycles. The predicted octanol–water partition coefficient (Wildman–Crippen LogP) is 2.14. The van der Waals surface area contributed by atoms with E-state index in [1.54, 1.807) is 24.3 Å². The van der Waals surface area contributed by atoms with Gasteiger partial charge in [-0.1, -0.05) is 36.4 Å². The topological polar surface area (TPSA) is 109 Å². The second kappa shape index (κ2) is 8.83. The van der Waals surface area contributed by atoms with E-state index in [1.165, 1.54) is 6.07 Å². The molecule has 0 aliphatic carbocycles. The molecule has 4 rings (SSSR count). The molecule has 2 aliphatic rings. The van der Waals surface area contributed by atoms with Gasteiger partial charge < -0.3 is 10.6 Å². The van der Waals surface area contributed by atoms with Gasteiger partial charge in [-0.2, -0.15) is 0 Å². The average molecular weight is 414 g/mol. The third kappa shape index (κ3) is 4.43. The van der Waals surface area contributed by atoms with Crippen LogP contribution in [0.5, 0.6) is 0 Å². The van der Waals surface area contributed by atoms with Crippen LogP contribution in [0.2, 0.25) is 0 Å². The number of carbonyl (C=O) groups is 1. The Morgan fingerprint density at radius 1 is 0.966 bits per heavy atom. The first-order chi connectivity index (χ1) is 13.6. The standard InChI is InChI=1S/C20H19N5O3.ClH/c26-18(13-1-3-14(4-2-13)19-21-7-8-22-19)12-15-5-6-16(11-17(15)25(27)28)20-23-9-10-24-20;/h1-6,11H,7-10,12H2,(H,21,22)(H,23,24);1H. The maximum atomic E-state index is 12.7. The molecular weight excluding hydrogens is 394 g/mol. The number of aliphatic imine (C=N–C) groups is 2. The zero-order valence-electron chi connectivity index (χ0n) is 15.6. The second-order valence-corrected chi connectivity index (χ2v) is 6.59. The van der Waals surface area contributed by atoms with Crippen molar-refractivity contribution < 1.29 is 9.72 Å². The van der Waals surface area contributed by atoms with Crippen molar-refractivity contribution in [1.82, 2.24) is 10.6 Å². The number of hydrogen-bond acceptors (Lipinski definition) is 7. The fraction of sp³-hybridized carbons (Fsp3) is 0.250. The van der Waals surface area contributed by atoms with Crippen LogP contribution in [-0.4, -0.2) is 48.6 Å². The Kier molecular flexibility index (Phi) is 6.23. The number of ketones is 1. The highest BCUT2D eigenvalue weighted by molar-refractivity contribution is 6.03. The fourth-order valence-electron chi connectivity index (χ4n) is 3.30. The molecule has 29 heavy (non-hydrogen) atoms. The van der Waals surface area contributed by atoms with Gasteiger partial charge in [0.05, 0.1) is 18.0 Å². The highest BCUT2D eigenvalue weighted by Crippen LogP contribution is 2.23. The third-order valence-electron chi connectivity index (χ3n) is 4.74. The number of hydrogen-bond donors (Lipinski definition) is 2. The number of Topliss-reactive ketones (excluding diaryl/α,β-unsaturated/α-hetero) is 1. The van der Waals surface area contributed by atoms with Gasteiger partial charge in [-0.25, -0.2) is 0 Å². The quantitative estimate of drug-likeness (QED) is 0.428. The van der Waals surface area contributed by atoms with Gasteiger partial charge in [0.2, 0.25) is 0 Å². The summed E-state index contributed by atoms with van der Waals surface area (Å²) in [5.74, 6) is 1.31. The van der Waals surface area contributed by atoms with E-state index in [1.807, 2.05) is 12.1 Å². The van der Waals surface area contributed by atoms with Crippen LogP contribution >= 0.6 is 12.4 Å². The summed E-state index contributed by atoms with van der Waals surface area (Å²) in [5.41, 5.74) is 2.43. The molecule has 0 unspecified atom stereocenters. The maximum Gasteiger partial charge on any atom is 0.273 e. The molecule has 8 nitrogen and oxygen atoms in total. The van der Waals surface area contributed by atoms with Crippen LogP contribution in [-0.2, 0) is 6.42 Å². The molecule has 2 N–H and O–H groups in total. The Balaban J connectivity index is 0.00000240. The van der Waals surface area contributed by atoms with E-state index < -0.39 is 4.92 Å². The molecule has 0 spiro atoms. The normalized spacial score (nSPS) is 14.9. The first-order valence-corrected chi connectivity index (χ1v) is 9.10. The molecule has 9 heteroatoms. The van der Waals surface area contributed by atoms with E-state index in [2.05, 4.69) is 20.6 Å². The minimum absolute atomic E-state index is 0. The molecule has 0 radical (unpaired) electrons. The fourth-order valence-corrected chi connectivity index (χ4v) is 3.30. The van der Waals surface area contributed by atoms with Crippen molar-refractivity contribution in [3.8, 4) is 0 Å². The average Bonchev–Trinajstić information content (AvgIpc) is 3.42. The Hall–Kier alpha value is -3.26.